The number of alkyl carbamates (subject to hydrolysis) is 1. The molecule has 2 amide bonds. The summed E-state index contributed by atoms with van der Waals surface area (Å²) in [5, 5.41) is 12.1. The maximum atomic E-state index is 13.3. The van der Waals surface area contributed by atoms with E-state index < -0.39 is 12.1 Å². The van der Waals surface area contributed by atoms with Crippen LogP contribution < -0.4 is 5.32 Å². The number of aliphatic carboxylic acids is 1. The van der Waals surface area contributed by atoms with E-state index in [4.69, 9.17) is 9.84 Å². The van der Waals surface area contributed by atoms with Crippen molar-refractivity contribution in [2.45, 2.75) is 44.2 Å². The van der Waals surface area contributed by atoms with E-state index in [1.807, 2.05) is 54.6 Å². The SMILES string of the molecule is O=C(O)CCN(Cc1ccccc1)C(=O)[C@H]1CC[C@@H](NC(=O)OCC2c3ccccc3-c3ccccc32)C1. The number of hydrogen-bond acceptors (Lipinski definition) is 4. The fourth-order valence-corrected chi connectivity index (χ4v) is 5.70. The highest BCUT2D eigenvalue weighted by molar-refractivity contribution is 5.80. The van der Waals surface area contributed by atoms with E-state index in [1.54, 1.807) is 4.90 Å². The number of carbonyl (C=O) groups excluding carboxylic acids is 2. The van der Waals surface area contributed by atoms with E-state index in [0.29, 0.717) is 25.8 Å². The van der Waals surface area contributed by atoms with Crippen LogP contribution in [0.3, 0.4) is 0 Å². The zero-order valence-electron chi connectivity index (χ0n) is 21.2. The Balaban J connectivity index is 1.16. The standard InChI is InChI=1S/C31H32N2O5/c34-29(35)16-17-33(19-21-8-2-1-3-9-21)30(36)22-14-15-23(18-22)32-31(37)38-20-28-26-12-6-4-10-24(26)25-11-5-7-13-27(25)28/h1-13,22-23,28H,14-20H2,(H,32,37)(H,34,35)/t22-,23+/m0/s1. The van der Waals surface area contributed by atoms with Crippen molar-refractivity contribution >= 4 is 18.0 Å². The first-order valence-electron chi connectivity index (χ1n) is 13.2. The second kappa shape index (κ2) is 11.5. The zero-order valence-corrected chi connectivity index (χ0v) is 21.2. The van der Waals surface area contributed by atoms with Crippen molar-refractivity contribution in [2.24, 2.45) is 5.92 Å². The van der Waals surface area contributed by atoms with E-state index in [2.05, 4.69) is 29.6 Å². The molecule has 1 fully saturated rings. The van der Waals surface area contributed by atoms with Gasteiger partial charge in [0.05, 0.1) is 6.42 Å². The van der Waals surface area contributed by atoms with Gasteiger partial charge in [-0.25, -0.2) is 4.79 Å². The molecule has 0 bridgehead atoms. The number of nitrogens with one attached hydrogen (secondary N) is 1. The molecule has 196 valence electrons. The molecule has 2 aliphatic rings. The van der Waals surface area contributed by atoms with Gasteiger partial charge in [-0.2, -0.15) is 0 Å². The molecule has 0 heterocycles. The highest BCUT2D eigenvalue weighted by Gasteiger charge is 2.34. The summed E-state index contributed by atoms with van der Waals surface area (Å²) in [5.74, 6) is -1.26. The van der Waals surface area contributed by atoms with Gasteiger partial charge in [0.1, 0.15) is 6.61 Å². The number of rotatable bonds is 9. The number of carboxylic acid groups (broad SMARTS) is 1. The van der Waals surface area contributed by atoms with Crippen LogP contribution in [0.1, 0.15) is 48.3 Å². The summed E-state index contributed by atoms with van der Waals surface area (Å²) in [4.78, 5) is 38.8. The first kappa shape index (κ1) is 25.5. The summed E-state index contributed by atoms with van der Waals surface area (Å²) in [6, 6.07) is 25.8. The Hall–Kier alpha value is -4.13. The maximum Gasteiger partial charge on any atom is 0.407 e. The topological polar surface area (TPSA) is 95.9 Å². The molecule has 0 radical (unpaired) electrons. The van der Waals surface area contributed by atoms with Crippen molar-refractivity contribution in [3.8, 4) is 11.1 Å². The van der Waals surface area contributed by atoms with Gasteiger partial charge in [-0.15, -0.1) is 0 Å². The van der Waals surface area contributed by atoms with Crippen molar-refractivity contribution < 1.29 is 24.2 Å². The monoisotopic (exact) mass is 512 g/mol. The van der Waals surface area contributed by atoms with Gasteiger partial charge in [0.15, 0.2) is 0 Å². The molecule has 1 saturated carbocycles. The van der Waals surface area contributed by atoms with Gasteiger partial charge in [-0.3, -0.25) is 9.59 Å². The van der Waals surface area contributed by atoms with Gasteiger partial charge in [-0.05, 0) is 47.1 Å². The summed E-state index contributed by atoms with van der Waals surface area (Å²) in [6.07, 6.45) is 1.26. The van der Waals surface area contributed by atoms with Gasteiger partial charge in [-0.1, -0.05) is 78.9 Å². The molecule has 3 aromatic rings. The summed E-state index contributed by atoms with van der Waals surface area (Å²) in [6.45, 7) is 0.771. The Kier molecular flexibility index (Phi) is 7.73. The van der Waals surface area contributed by atoms with Crippen LogP contribution in [0.15, 0.2) is 78.9 Å². The first-order valence-corrected chi connectivity index (χ1v) is 13.2. The number of carbonyl (C=O) groups is 3. The van der Waals surface area contributed by atoms with Crippen LogP contribution in [0.25, 0.3) is 11.1 Å². The molecule has 3 aromatic carbocycles. The summed E-state index contributed by atoms with van der Waals surface area (Å²) in [7, 11) is 0. The lowest BCUT2D eigenvalue weighted by atomic mass is 9.98. The van der Waals surface area contributed by atoms with Crippen LogP contribution in [-0.4, -0.2) is 47.2 Å². The lowest BCUT2D eigenvalue weighted by Crippen LogP contribution is -2.38. The second-order valence-corrected chi connectivity index (χ2v) is 10.1. The molecule has 2 aliphatic carbocycles. The number of fused-ring (bicyclic) bond motifs is 3. The van der Waals surface area contributed by atoms with Gasteiger partial charge in [0, 0.05) is 31.0 Å². The van der Waals surface area contributed by atoms with Crippen LogP contribution in [0, 0.1) is 5.92 Å². The minimum Gasteiger partial charge on any atom is -0.481 e. The van der Waals surface area contributed by atoms with Crippen LogP contribution >= 0.6 is 0 Å². The first-order chi connectivity index (χ1) is 18.5. The fourth-order valence-electron chi connectivity index (χ4n) is 5.70. The van der Waals surface area contributed by atoms with Crippen LogP contribution in [0.2, 0.25) is 0 Å². The number of hydrogen-bond donors (Lipinski definition) is 2. The lowest BCUT2D eigenvalue weighted by Gasteiger charge is -2.25. The van der Waals surface area contributed by atoms with Crippen LogP contribution in [-0.2, 0) is 20.9 Å². The summed E-state index contributed by atoms with van der Waals surface area (Å²) >= 11 is 0. The molecule has 7 heteroatoms. The van der Waals surface area contributed by atoms with E-state index in [1.165, 1.54) is 11.1 Å². The third-order valence-corrected chi connectivity index (χ3v) is 7.57. The fraction of sp³-hybridized carbons (Fsp3) is 0.323. The number of benzene rings is 3. The number of amides is 2. The minimum atomic E-state index is -0.933. The largest absolute Gasteiger partial charge is 0.481 e. The van der Waals surface area contributed by atoms with Gasteiger partial charge >= 0.3 is 12.1 Å². The molecule has 0 saturated heterocycles. The molecule has 5 rings (SSSR count). The molecule has 2 atom stereocenters. The number of nitrogens with zero attached hydrogens (tertiary/aromatic N) is 1. The average Bonchev–Trinajstić information content (AvgIpc) is 3.52. The molecule has 0 aliphatic heterocycles. The molecular weight excluding hydrogens is 480 g/mol. The Morgan fingerprint density at radius 1 is 0.868 bits per heavy atom. The van der Waals surface area contributed by atoms with E-state index in [-0.39, 0.29) is 43.4 Å². The predicted octanol–water partition coefficient (Wildman–Crippen LogP) is 5.20. The molecule has 2 N–H and O–H groups in total. The average molecular weight is 513 g/mol. The highest BCUT2D eigenvalue weighted by Crippen LogP contribution is 2.44. The molecule has 7 nitrogen and oxygen atoms in total. The Labute approximate surface area is 222 Å². The summed E-state index contributed by atoms with van der Waals surface area (Å²) in [5.41, 5.74) is 5.63. The van der Waals surface area contributed by atoms with Crippen LogP contribution in [0.4, 0.5) is 4.79 Å². The van der Waals surface area contributed by atoms with Crippen molar-refractivity contribution in [3.05, 3.63) is 95.6 Å². The predicted molar refractivity (Wildman–Crippen MR) is 143 cm³/mol. The van der Waals surface area contributed by atoms with Crippen molar-refractivity contribution in [3.63, 3.8) is 0 Å². The van der Waals surface area contributed by atoms with Crippen molar-refractivity contribution in [2.75, 3.05) is 13.2 Å². The lowest BCUT2D eigenvalue weighted by molar-refractivity contribution is -0.140. The quantitative estimate of drug-likeness (QED) is 0.411. The van der Waals surface area contributed by atoms with Crippen molar-refractivity contribution in [1.82, 2.24) is 10.2 Å². The minimum absolute atomic E-state index is 0.00756. The third-order valence-electron chi connectivity index (χ3n) is 7.57. The van der Waals surface area contributed by atoms with E-state index in [9.17, 15) is 14.4 Å². The van der Waals surface area contributed by atoms with Gasteiger partial charge in [0.25, 0.3) is 0 Å². The Morgan fingerprint density at radius 2 is 1.50 bits per heavy atom. The van der Waals surface area contributed by atoms with Crippen LogP contribution in [0.5, 0.6) is 0 Å². The molecule has 0 spiro atoms. The van der Waals surface area contributed by atoms with E-state index >= 15 is 0 Å². The molecule has 0 unspecified atom stereocenters. The molecule has 0 aromatic heterocycles. The van der Waals surface area contributed by atoms with Crippen molar-refractivity contribution in [1.29, 1.82) is 0 Å². The maximum absolute atomic E-state index is 13.3. The Morgan fingerprint density at radius 3 is 2.16 bits per heavy atom. The number of carboxylic acids is 1. The summed E-state index contributed by atoms with van der Waals surface area (Å²) < 4.78 is 5.68. The third kappa shape index (κ3) is 5.72. The Bertz CT molecular complexity index is 1260. The smallest absolute Gasteiger partial charge is 0.407 e. The highest BCUT2D eigenvalue weighted by atomic mass is 16.5. The van der Waals surface area contributed by atoms with E-state index in [0.717, 1.165) is 16.7 Å². The number of ether oxygens (including phenoxy) is 1. The zero-order chi connectivity index (χ0) is 26.5. The molecular formula is C31H32N2O5. The van der Waals surface area contributed by atoms with Gasteiger partial charge < -0.3 is 20.1 Å². The molecule has 38 heavy (non-hydrogen) atoms. The van der Waals surface area contributed by atoms with Gasteiger partial charge in [0.2, 0.25) is 5.91 Å². The normalized spacial score (nSPS) is 17.9. The second-order valence-electron chi connectivity index (χ2n) is 10.1.